The third-order valence-corrected chi connectivity index (χ3v) is 5.76. The summed E-state index contributed by atoms with van der Waals surface area (Å²) >= 11 is 0. The molecule has 0 spiro atoms. The molecular formula is C22H24N8O2. The molecule has 1 N–H and O–H groups in total. The fourth-order valence-electron chi connectivity index (χ4n) is 4.19. The predicted molar refractivity (Wildman–Crippen MR) is 118 cm³/mol. The number of rotatable bonds is 6. The van der Waals surface area contributed by atoms with Gasteiger partial charge < -0.3 is 14.6 Å². The van der Waals surface area contributed by atoms with E-state index in [1.54, 1.807) is 11.6 Å². The van der Waals surface area contributed by atoms with Gasteiger partial charge in [-0.1, -0.05) is 12.1 Å². The number of carboxylic acid groups (broad SMARTS) is 1. The second-order valence-electron chi connectivity index (χ2n) is 8.13. The maximum Gasteiger partial charge on any atom is 0.303 e. The molecule has 1 aromatic carbocycles. The summed E-state index contributed by atoms with van der Waals surface area (Å²) in [6, 6.07) is 10.1. The number of carbonyl (C=O) groups is 1. The Morgan fingerprint density at radius 3 is 2.56 bits per heavy atom. The van der Waals surface area contributed by atoms with E-state index >= 15 is 0 Å². The summed E-state index contributed by atoms with van der Waals surface area (Å²) in [4.78, 5) is 31.6. The third-order valence-electron chi connectivity index (χ3n) is 5.76. The molecule has 1 aliphatic heterocycles. The van der Waals surface area contributed by atoms with Gasteiger partial charge >= 0.3 is 5.97 Å². The first-order valence-electron chi connectivity index (χ1n) is 10.6. The van der Waals surface area contributed by atoms with Crippen LogP contribution < -0.4 is 4.90 Å². The molecule has 0 atom stereocenters. The van der Waals surface area contributed by atoms with Gasteiger partial charge in [-0.2, -0.15) is 4.68 Å². The van der Waals surface area contributed by atoms with Crippen LogP contribution in [0.25, 0.3) is 16.9 Å². The molecule has 0 unspecified atom stereocenters. The van der Waals surface area contributed by atoms with Crippen LogP contribution in [0.15, 0.2) is 30.3 Å². The SMILES string of the molecule is Cc1nc(N2CC(c3nc4ccccc4n3C)C2)cc(-n2nc(C)nc2CCC(=O)O)n1. The van der Waals surface area contributed by atoms with Gasteiger partial charge in [-0.05, 0) is 26.0 Å². The largest absolute Gasteiger partial charge is 0.481 e. The van der Waals surface area contributed by atoms with Crippen molar-refractivity contribution >= 4 is 22.8 Å². The zero-order valence-corrected chi connectivity index (χ0v) is 18.2. The molecule has 32 heavy (non-hydrogen) atoms. The van der Waals surface area contributed by atoms with Gasteiger partial charge in [0.05, 0.1) is 23.4 Å². The lowest BCUT2D eigenvalue weighted by molar-refractivity contribution is -0.137. The van der Waals surface area contributed by atoms with Crippen molar-refractivity contribution in [3.8, 4) is 5.82 Å². The summed E-state index contributed by atoms with van der Waals surface area (Å²) in [6.45, 7) is 5.26. The number of imidazole rings is 1. The van der Waals surface area contributed by atoms with Crippen molar-refractivity contribution in [2.24, 2.45) is 7.05 Å². The highest BCUT2D eigenvalue weighted by atomic mass is 16.4. The van der Waals surface area contributed by atoms with Gasteiger partial charge in [-0.25, -0.2) is 19.9 Å². The van der Waals surface area contributed by atoms with Crippen molar-refractivity contribution in [3.63, 3.8) is 0 Å². The second-order valence-corrected chi connectivity index (χ2v) is 8.13. The number of aryl methyl sites for hydroxylation is 4. The van der Waals surface area contributed by atoms with Crippen LogP contribution in [0.3, 0.4) is 0 Å². The quantitative estimate of drug-likeness (QED) is 0.493. The Morgan fingerprint density at radius 2 is 1.81 bits per heavy atom. The first-order valence-corrected chi connectivity index (χ1v) is 10.6. The summed E-state index contributed by atoms with van der Waals surface area (Å²) in [5.74, 6) is 3.73. The molecule has 0 saturated carbocycles. The van der Waals surface area contributed by atoms with Crippen LogP contribution in [0.2, 0.25) is 0 Å². The van der Waals surface area contributed by atoms with Crippen LogP contribution in [0.1, 0.15) is 35.6 Å². The Morgan fingerprint density at radius 1 is 1.06 bits per heavy atom. The van der Waals surface area contributed by atoms with Gasteiger partial charge in [-0.3, -0.25) is 4.79 Å². The van der Waals surface area contributed by atoms with E-state index in [-0.39, 0.29) is 12.8 Å². The minimum atomic E-state index is -0.870. The summed E-state index contributed by atoms with van der Waals surface area (Å²) in [7, 11) is 2.06. The van der Waals surface area contributed by atoms with E-state index in [1.165, 1.54) is 0 Å². The van der Waals surface area contributed by atoms with Crippen molar-refractivity contribution in [1.29, 1.82) is 0 Å². The molecule has 5 rings (SSSR count). The molecule has 0 bridgehead atoms. The molecule has 4 aromatic rings. The van der Waals surface area contributed by atoms with Crippen LogP contribution in [0.4, 0.5) is 5.82 Å². The molecular weight excluding hydrogens is 408 g/mol. The molecule has 0 radical (unpaired) electrons. The summed E-state index contributed by atoms with van der Waals surface area (Å²) < 4.78 is 3.79. The highest BCUT2D eigenvalue weighted by Crippen LogP contribution is 2.32. The zero-order valence-electron chi connectivity index (χ0n) is 18.2. The van der Waals surface area contributed by atoms with Crippen molar-refractivity contribution in [2.45, 2.75) is 32.6 Å². The first kappa shape index (κ1) is 20.1. The summed E-state index contributed by atoms with van der Waals surface area (Å²) in [5.41, 5.74) is 2.15. The number of fused-ring (bicyclic) bond motifs is 1. The Labute approximate surface area is 184 Å². The molecule has 1 saturated heterocycles. The highest BCUT2D eigenvalue weighted by molar-refractivity contribution is 5.76. The van der Waals surface area contributed by atoms with Crippen LogP contribution in [-0.2, 0) is 18.3 Å². The molecule has 1 fully saturated rings. The van der Waals surface area contributed by atoms with E-state index in [1.807, 2.05) is 31.2 Å². The number of carboxylic acids is 1. The van der Waals surface area contributed by atoms with E-state index in [9.17, 15) is 4.79 Å². The average Bonchev–Trinajstić information content (AvgIpc) is 3.25. The van der Waals surface area contributed by atoms with Crippen molar-refractivity contribution < 1.29 is 9.90 Å². The Balaban J connectivity index is 1.39. The number of aliphatic carboxylic acids is 1. The number of para-hydroxylation sites is 2. The number of anilines is 1. The van der Waals surface area contributed by atoms with Crippen LogP contribution in [-0.4, -0.2) is 58.4 Å². The molecule has 10 nitrogen and oxygen atoms in total. The van der Waals surface area contributed by atoms with Crippen molar-refractivity contribution in [2.75, 3.05) is 18.0 Å². The minimum Gasteiger partial charge on any atom is -0.481 e. The Bertz CT molecular complexity index is 1320. The van der Waals surface area contributed by atoms with Gasteiger partial charge in [0, 0.05) is 32.6 Å². The number of benzene rings is 1. The van der Waals surface area contributed by atoms with Gasteiger partial charge in [0.25, 0.3) is 0 Å². The van der Waals surface area contributed by atoms with Gasteiger partial charge in [0.1, 0.15) is 29.1 Å². The third kappa shape index (κ3) is 3.57. The van der Waals surface area contributed by atoms with Gasteiger partial charge in [0.2, 0.25) is 0 Å². The standard InChI is InChI=1S/C22H24N8O2/c1-13-23-19(10-20(24-13)30-18(8-9-21(31)32)25-14(2)27-30)29-11-15(12-29)22-26-16-6-4-5-7-17(16)28(22)3/h4-7,10,15H,8-9,11-12H2,1-3H3,(H,31,32). The predicted octanol–water partition coefficient (Wildman–Crippen LogP) is 2.18. The molecule has 164 valence electrons. The van der Waals surface area contributed by atoms with E-state index in [4.69, 9.17) is 10.1 Å². The van der Waals surface area contributed by atoms with E-state index in [0.717, 1.165) is 35.8 Å². The fourth-order valence-corrected chi connectivity index (χ4v) is 4.19. The summed E-state index contributed by atoms with van der Waals surface area (Å²) in [6.07, 6.45) is 0.272. The number of hydrogen-bond donors (Lipinski definition) is 1. The number of hydrogen-bond acceptors (Lipinski definition) is 7. The maximum atomic E-state index is 11.0. The van der Waals surface area contributed by atoms with E-state index < -0.39 is 5.97 Å². The average molecular weight is 432 g/mol. The number of nitrogens with zero attached hydrogens (tertiary/aromatic N) is 8. The lowest BCUT2D eigenvalue weighted by Gasteiger charge is -2.39. The number of aromatic nitrogens is 7. The minimum absolute atomic E-state index is 0.0130. The van der Waals surface area contributed by atoms with E-state index in [2.05, 4.69) is 42.6 Å². The molecule has 0 aliphatic carbocycles. The normalized spacial score (nSPS) is 14.2. The van der Waals surface area contributed by atoms with Crippen LogP contribution in [0, 0.1) is 13.8 Å². The highest BCUT2D eigenvalue weighted by Gasteiger charge is 2.33. The van der Waals surface area contributed by atoms with Crippen molar-refractivity contribution in [1.82, 2.24) is 34.3 Å². The monoisotopic (exact) mass is 432 g/mol. The van der Waals surface area contributed by atoms with Gasteiger partial charge in [-0.15, -0.1) is 5.10 Å². The molecule has 10 heteroatoms. The molecule has 3 aromatic heterocycles. The summed E-state index contributed by atoms with van der Waals surface area (Å²) in [5, 5.41) is 13.5. The van der Waals surface area contributed by atoms with E-state index in [0.29, 0.717) is 29.2 Å². The smallest absolute Gasteiger partial charge is 0.303 e. The van der Waals surface area contributed by atoms with Crippen LogP contribution in [0.5, 0.6) is 0 Å². The lowest BCUT2D eigenvalue weighted by atomic mass is 9.99. The lowest BCUT2D eigenvalue weighted by Crippen LogP contribution is -2.46. The molecule has 4 heterocycles. The fraction of sp³-hybridized carbons (Fsp3) is 0.364. The van der Waals surface area contributed by atoms with Gasteiger partial charge in [0.15, 0.2) is 5.82 Å². The topological polar surface area (TPSA) is 115 Å². The zero-order chi connectivity index (χ0) is 22.4. The Kier molecular flexibility index (Phi) is 4.84. The molecule has 1 aliphatic rings. The Hall–Kier alpha value is -3.82. The molecule has 0 amide bonds. The maximum absolute atomic E-state index is 11.0. The van der Waals surface area contributed by atoms with Crippen molar-refractivity contribution in [3.05, 3.63) is 53.6 Å². The van der Waals surface area contributed by atoms with Crippen LogP contribution >= 0.6 is 0 Å². The second kappa shape index (κ2) is 7.70. The first-order chi connectivity index (χ1) is 15.4.